The van der Waals surface area contributed by atoms with Crippen LogP contribution in [-0.2, 0) is 0 Å². The van der Waals surface area contributed by atoms with Crippen molar-refractivity contribution in [3.05, 3.63) is 0 Å². The van der Waals surface area contributed by atoms with Crippen molar-refractivity contribution in [3.8, 4) is 0 Å². The van der Waals surface area contributed by atoms with Crippen LogP contribution in [0.3, 0.4) is 0 Å². The van der Waals surface area contributed by atoms with Gasteiger partial charge in [0, 0.05) is 4.58 Å². The SMILES string of the molecule is CCCCCCCCCCCCCCCCSC(S)CCCCCCCCCCC. The normalized spacial score (nSPS) is 12.5. The van der Waals surface area contributed by atoms with Crippen molar-refractivity contribution in [1.82, 2.24) is 0 Å². The van der Waals surface area contributed by atoms with Crippen LogP contribution in [0.5, 0.6) is 0 Å². The maximum Gasteiger partial charge on any atom is 0.0472 e. The van der Waals surface area contributed by atoms with E-state index in [2.05, 4.69) is 25.6 Å². The van der Waals surface area contributed by atoms with E-state index in [9.17, 15) is 0 Å². The molecule has 0 fully saturated rings. The lowest BCUT2D eigenvalue weighted by Gasteiger charge is -2.10. The molecule has 0 aliphatic heterocycles. The molecule has 0 aromatic heterocycles. The number of rotatable bonds is 26. The molecule has 0 radical (unpaired) electrons. The first-order chi connectivity index (χ1) is 14.8. The van der Waals surface area contributed by atoms with Crippen molar-refractivity contribution in [2.45, 2.75) is 173 Å². The Labute approximate surface area is 202 Å². The van der Waals surface area contributed by atoms with Gasteiger partial charge in [-0.2, -0.15) is 12.6 Å². The molecule has 0 bridgehead atoms. The highest BCUT2D eigenvalue weighted by Gasteiger charge is 2.03. The Balaban J connectivity index is 3.12. The minimum atomic E-state index is 0.580. The van der Waals surface area contributed by atoms with Crippen LogP contribution in [0.1, 0.15) is 168 Å². The molecule has 0 saturated heterocycles. The number of thiol groups is 1. The van der Waals surface area contributed by atoms with Gasteiger partial charge in [0.2, 0.25) is 0 Å². The van der Waals surface area contributed by atoms with E-state index in [1.165, 1.54) is 160 Å². The summed E-state index contributed by atoms with van der Waals surface area (Å²) >= 11 is 6.90. The van der Waals surface area contributed by atoms with Crippen molar-refractivity contribution in [2.24, 2.45) is 0 Å². The van der Waals surface area contributed by atoms with Crippen LogP contribution in [0.4, 0.5) is 0 Å². The highest BCUT2D eigenvalue weighted by molar-refractivity contribution is 8.10. The van der Waals surface area contributed by atoms with Gasteiger partial charge in [0.15, 0.2) is 0 Å². The number of unbranched alkanes of at least 4 members (excludes halogenated alkanes) is 21. The Hall–Kier alpha value is 0.700. The predicted molar refractivity (Wildman–Crippen MR) is 147 cm³/mol. The van der Waals surface area contributed by atoms with Gasteiger partial charge in [0.05, 0.1) is 0 Å². The minimum absolute atomic E-state index is 0.580. The molecule has 0 nitrogen and oxygen atoms in total. The fraction of sp³-hybridized carbons (Fsp3) is 1.00. The number of thioether (sulfide) groups is 1. The van der Waals surface area contributed by atoms with Gasteiger partial charge in [0.25, 0.3) is 0 Å². The second kappa shape index (κ2) is 27.7. The maximum absolute atomic E-state index is 4.80. The van der Waals surface area contributed by atoms with E-state index < -0.39 is 0 Å². The summed E-state index contributed by atoms with van der Waals surface area (Å²) in [7, 11) is 0. The molecule has 0 spiro atoms. The second-order valence-corrected chi connectivity index (χ2v) is 11.8. The molecule has 0 aliphatic carbocycles. The summed E-state index contributed by atoms with van der Waals surface area (Å²) in [4.78, 5) is 0. The topological polar surface area (TPSA) is 0 Å². The van der Waals surface area contributed by atoms with Crippen molar-refractivity contribution in [2.75, 3.05) is 5.75 Å². The Morgan fingerprint density at radius 2 is 0.733 bits per heavy atom. The summed E-state index contributed by atoms with van der Waals surface area (Å²) in [6.07, 6.45) is 34.5. The minimum Gasteiger partial charge on any atom is -0.165 e. The third kappa shape index (κ3) is 26.7. The van der Waals surface area contributed by atoms with Crippen LogP contribution in [0.25, 0.3) is 0 Å². The molecule has 0 N–H and O–H groups in total. The van der Waals surface area contributed by atoms with E-state index in [-0.39, 0.29) is 0 Å². The molecular formula is C28H58S2. The van der Waals surface area contributed by atoms with Crippen LogP contribution in [0, 0.1) is 0 Å². The summed E-state index contributed by atoms with van der Waals surface area (Å²) < 4.78 is 0.580. The monoisotopic (exact) mass is 458 g/mol. The molecule has 0 amide bonds. The fourth-order valence-electron chi connectivity index (χ4n) is 4.23. The van der Waals surface area contributed by atoms with Gasteiger partial charge in [0.1, 0.15) is 0 Å². The highest BCUT2D eigenvalue weighted by atomic mass is 32.2. The molecule has 182 valence electrons. The predicted octanol–water partition coefficient (Wildman–Crippen LogP) is 11.4. The molecule has 2 heteroatoms. The standard InChI is InChI=1S/C28H58S2/c1-3-5-7-9-11-13-14-15-16-17-19-21-23-25-27-30-28(29)26-24-22-20-18-12-10-8-6-4-2/h28-29H,3-27H2,1-2H3. The molecule has 0 saturated carbocycles. The van der Waals surface area contributed by atoms with E-state index in [0.29, 0.717) is 4.58 Å². The summed E-state index contributed by atoms with van der Waals surface area (Å²) in [5, 5.41) is 0. The average Bonchev–Trinajstić information content (AvgIpc) is 2.75. The van der Waals surface area contributed by atoms with Gasteiger partial charge < -0.3 is 0 Å². The van der Waals surface area contributed by atoms with Crippen LogP contribution >= 0.6 is 24.4 Å². The zero-order chi connectivity index (χ0) is 22.0. The van der Waals surface area contributed by atoms with Crippen LogP contribution in [-0.4, -0.2) is 10.3 Å². The van der Waals surface area contributed by atoms with Gasteiger partial charge in [-0.05, 0) is 18.6 Å². The van der Waals surface area contributed by atoms with E-state index in [4.69, 9.17) is 12.6 Å². The Kier molecular flexibility index (Phi) is 28.4. The lowest BCUT2D eigenvalue weighted by atomic mass is 10.0. The summed E-state index contributed by atoms with van der Waals surface area (Å²) in [6.45, 7) is 4.60. The highest BCUT2D eigenvalue weighted by Crippen LogP contribution is 2.23. The van der Waals surface area contributed by atoms with Crippen LogP contribution in [0.2, 0.25) is 0 Å². The molecular weight excluding hydrogens is 400 g/mol. The lowest BCUT2D eigenvalue weighted by Crippen LogP contribution is -1.95. The van der Waals surface area contributed by atoms with Crippen molar-refractivity contribution in [1.29, 1.82) is 0 Å². The maximum atomic E-state index is 4.80. The van der Waals surface area contributed by atoms with Crippen molar-refractivity contribution in [3.63, 3.8) is 0 Å². The van der Waals surface area contributed by atoms with Gasteiger partial charge >= 0.3 is 0 Å². The van der Waals surface area contributed by atoms with E-state index in [1.807, 2.05) is 0 Å². The second-order valence-electron chi connectivity index (χ2n) is 9.54. The van der Waals surface area contributed by atoms with Crippen molar-refractivity contribution >= 4 is 24.4 Å². The molecule has 0 heterocycles. The quantitative estimate of drug-likeness (QED) is 0.0763. The third-order valence-electron chi connectivity index (χ3n) is 6.36. The average molecular weight is 459 g/mol. The summed E-state index contributed by atoms with van der Waals surface area (Å²) in [6, 6.07) is 0. The molecule has 30 heavy (non-hydrogen) atoms. The smallest absolute Gasteiger partial charge is 0.0472 e. The summed E-state index contributed by atoms with van der Waals surface area (Å²) in [5.74, 6) is 1.32. The van der Waals surface area contributed by atoms with Gasteiger partial charge in [-0.25, -0.2) is 0 Å². The molecule has 0 aromatic carbocycles. The van der Waals surface area contributed by atoms with E-state index >= 15 is 0 Å². The fourth-order valence-corrected chi connectivity index (χ4v) is 5.70. The van der Waals surface area contributed by atoms with Gasteiger partial charge in [-0.1, -0.05) is 155 Å². The van der Waals surface area contributed by atoms with Crippen LogP contribution < -0.4 is 0 Å². The van der Waals surface area contributed by atoms with Gasteiger partial charge in [-0.3, -0.25) is 0 Å². The Morgan fingerprint density at radius 3 is 1.10 bits per heavy atom. The first-order valence-electron chi connectivity index (χ1n) is 14.1. The Bertz CT molecular complexity index is 292. The zero-order valence-corrected chi connectivity index (χ0v) is 22.8. The number of hydrogen-bond acceptors (Lipinski definition) is 2. The first-order valence-corrected chi connectivity index (χ1v) is 15.7. The lowest BCUT2D eigenvalue weighted by molar-refractivity contribution is 0.538. The molecule has 0 aromatic rings. The van der Waals surface area contributed by atoms with E-state index in [0.717, 1.165) is 0 Å². The van der Waals surface area contributed by atoms with E-state index in [1.54, 1.807) is 0 Å². The molecule has 0 rings (SSSR count). The molecule has 1 atom stereocenters. The van der Waals surface area contributed by atoms with Crippen molar-refractivity contribution < 1.29 is 0 Å². The molecule has 0 aliphatic rings. The van der Waals surface area contributed by atoms with Gasteiger partial charge in [-0.15, -0.1) is 11.8 Å². The zero-order valence-electron chi connectivity index (χ0n) is 21.1. The Morgan fingerprint density at radius 1 is 0.433 bits per heavy atom. The number of hydrogen-bond donors (Lipinski definition) is 1. The first kappa shape index (κ1) is 30.7. The summed E-state index contributed by atoms with van der Waals surface area (Å²) in [5.41, 5.74) is 0. The molecule has 1 unspecified atom stereocenters. The largest absolute Gasteiger partial charge is 0.165 e. The van der Waals surface area contributed by atoms with Crippen LogP contribution in [0.15, 0.2) is 0 Å². The third-order valence-corrected chi connectivity index (χ3v) is 8.21.